The van der Waals surface area contributed by atoms with Gasteiger partial charge in [-0.1, -0.05) is 13.8 Å². The summed E-state index contributed by atoms with van der Waals surface area (Å²) in [7, 11) is 0. The molecule has 1 heterocycles. The van der Waals surface area contributed by atoms with Gasteiger partial charge in [-0.15, -0.1) is 0 Å². The van der Waals surface area contributed by atoms with Crippen LogP contribution in [0.4, 0.5) is 10.1 Å². The number of benzene rings is 1. The third-order valence-electron chi connectivity index (χ3n) is 4.10. The van der Waals surface area contributed by atoms with E-state index in [4.69, 9.17) is 0 Å². The second kappa shape index (κ2) is 6.90. The first kappa shape index (κ1) is 16.5. The third kappa shape index (κ3) is 3.64. The smallest absolute Gasteiger partial charge is 0.257 e. The highest BCUT2D eigenvalue weighted by molar-refractivity contribution is 5.97. The summed E-state index contributed by atoms with van der Waals surface area (Å²) in [5.41, 5.74) is 0.467. The van der Waals surface area contributed by atoms with Crippen LogP contribution >= 0.6 is 0 Å². The molecule has 1 aromatic carbocycles. The number of nitrogens with zero attached hydrogens (tertiary/aromatic N) is 1. The lowest BCUT2D eigenvalue weighted by Gasteiger charge is -2.38. The predicted octanol–water partition coefficient (Wildman–Crippen LogP) is 3.43. The minimum absolute atomic E-state index is 0.0267. The molecule has 2 amide bonds. The molecular formula is C17H23FN2O2. The molecule has 1 fully saturated rings. The molecule has 1 N–H and O–H groups in total. The molecular weight excluding hydrogens is 283 g/mol. The lowest BCUT2D eigenvalue weighted by Crippen LogP contribution is -2.46. The van der Waals surface area contributed by atoms with E-state index < -0.39 is 5.82 Å². The Bertz CT molecular complexity index is 572. The maximum Gasteiger partial charge on any atom is 0.257 e. The number of rotatable bonds is 3. The molecule has 1 saturated heterocycles. The lowest BCUT2D eigenvalue weighted by atomic mass is 9.92. The molecule has 0 bridgehead atoms. The largest absolute Gasteiger partial charge is 0.335 e. The molecule has 0 unspecified atom stereocenters. The Morgan fingerprint density at radius 1 is 1.32 bits per heavy atom. The molecule has 0 saturated carbocycles. The molecule has 1 atom stereocenters. The number of likely N-dealkylation sites (tertiary alicyclic amines) is 1. The third-order valence-corrected chi connectivity index (χ3v) is 4.10. The topological polar surface area (TPSA) is 49.4 Å². The van der Waals surface area contributed by atoms with E-state index >= 15 is 0 Å². The van der Waals surface area contributed by atoms with Crippen molar-refractivity contribution < 1.29 is 14.0 Å². The van der Waals surface area contributed by atoms with Crippen LogP contribution in [0, 0.1) is 11.7 Å². The van der Waals surface area contributed by atoms with Gasteiger partial charge in [-0.25, -0.2) is 4.39 Å². The fraction of sp³-hybridized carbons (Fsp3) is 0.529. The number of halogens is 1. The zero-order valence-corrected chi connectivity index (χ0v) is 13.4. The molecule has 1 aromatic rings. The Labute approximate surface area is 130 Å². The monoisotopic (exact) mass is 306 g/mol. The fourth-order valence-electron chi connectivity index (χ4n) is 3.03. The van der Waals surface area contributed by atoms with E-state index in [9.17, 15) is 14.0 Å². The van der Waals surface area contributed by atoms with Crippen LogP contribution in [0.15, 0.2) is 18.2 Å². The standard InChI is InChI=1S/C17H23FN2O2/c1-11(2)16-6-4-5-9-20(16)17(22)14-10-13(19-12(3)21)7-8-15(14)18/h7-8,10-11,16H,4-6,9H2,1-3H3,(H,19,21)/t16-/m1/s1. The van der Waals surface area contributed by atoms with Crippen molar-refractivity contribution in [1.29, 1.82) is 0 Å². The zero-order chi connectivity index (χ0) is 16.3. The summed E-state index contributed by atoms with van der Waals surface area (Å²) < 4.78 is 14.1. The van der Waals surface area contributed by atoms with Crippen LogP contribution in [0.1, 0.15) is 50.4 Å². The van der Waals surface area contributed by atoms with E-state index in [0.717, 1.165) is 19.3 Å². The van der Waals surface area contributed by atoms with Gasteiger partial charge >= 0.3 is 0 Å². The van der Waals surface area contributed by atoms with E-state index in [0.29, 0.717) is 18.2 Å². The van der Waals surface area contributed by atoms with Gasteiger partial charge in [0.2, 0.25) is 5.91 Å². The van der Waals surface area contributed by atoms with Gasteiger partial charge in [0.25, 0.3) is 5.91 Å². The van der Waals surface area contributed by atoms with Crippen LogP contribution in [0.5, 0.6) is 0 Å². The first-order valence-corrected chi connectivity index (χ1v) is 7.78. The molecule has 1 aliphatic rings. The van der Waals surface area contributed by atoms with Gasteiger partial charge in [0, 0.05) is 25.2 Å². The zero-order valence-electron chi connectivity index (χ0n) is 13.4. The van der Waals surface area contributed by atoms with Crippen molar-refractivity contribution >= 4 is 17.5 Å². The van der Waals surface area contributed by atoms with Crippen molar-refractivity contribution in [2.24, 2.45) is 5.92 Å². The summed E-state index contributed by atoms with van der Waals surface area (Å²) in [6.07, 6.45) is 3.00. The first-order chi connectivity index (χ1) is 10.4. The number of hydrogen-bond acceptors (Lipinski definition) is 2. The Hall–Kier alpha value is -1.91. The molecule has 22 heavy (non-hydrogen) atoms. The van der Waals surface area contributed by atoms with Crippen molar-refractivity contribution in [2.45, 2.75) is 46.1 Å². The van der Waals surface area contributed by atoms with Crippen LogP contribution in [0.2, 0.25) is 0 Å². The van der Waals surface area contributed by atoms with Crippen molar-refractivity contribution in [3.8, 4) is 0 Å². The summed E-state index contributed by atoms with van der Waals surface area (Å²) in [6.45, 7) is 6.20. The number of carbonyl (C=O) groups excluding carboxylic acids is 2. The van der Waals surface area contributed by atoms with E-state index in [1.807, 2.05) is 0 Å². The van der Waals surface area contributed by atoms with E-state index in [2.05, 4.69) is 19.2 Å². The molecule has 0 spiro atoms. The minimum Gasteiger partial charge on any atom is -0.335 e. The van der Waals surface area contributed by atoms with Gasteiger partial charge in [-0.2, -0.15) is 0 Å². The summed E-state index contributed by atoms with van der Waals surface area (Å²) in [4.78, 5) is 25.7. The van der Waals surface area contributed by atoms with E-state index in [1.165, 1.54) is 25.1 Å². The maximum atomic E-state index is 14.1. The molecule has 0 aromatic heterocycles. The van der Waals surface area contributed by atoms with Crippen molar-refractivity contribution in [3.63, 3.8) is 0 Å². The van der Waals surface area contributed by atoms with Crippen molar-refractivity contribution in [3.05, 3.63) is 29.6 Å². The minimum atomic E-state index is -0.549. The number of nitrogens with one attached hydrogen (secondary N) is 1. The van der Waals surface area contributed by atoms with E-state index in [-0.39, 0.29) is 23.4 Å². The summed E-state index contributed by atoms with van der Waals surface area (Å²) >= 11 is 0. The number of carbonyl (C=O) groups is 2. The molecule has 5 heteroatoms. The van der Waals surface area contributed by atoms with Crippen LogP contribution in [0.25, 0.3) is 0 Å². The lowest BCUT2D eigenvalue weighted by molar-refractivity contribution is -0.114. The SMILES string of the molecule is CC(=O)Nc1ccc(F)c(C(=O)N2CCCC[C@@H]2C(C)C)c1. The van der Waals surface area contributed by atoms with Gasteiger partial charge in [-0.05, 0) is 43.4 Å². The van der Waals surface area contributed by atoms with Crippen LogP contribution in [-0.2, 0) is 4.79 Å². The highest BCUT2D eigenvalue weighted by Crippen LogP contribution is 2.26. The second-order valence-corrected chi connectivity index (χ2v) is 6.18. The summed E-state index contributed by atoms with van der Waals surface area (Å²) in [6, 6.07) is 4.26. The highest BCUT2D eigenvalue weighted by Gasteiger charge is 2.30. The van der Waals surface area contributed by atoms with Crippen molar-refractivity contribution in [1.82, 2.24) is 4.90 Å². The van der Waals surface area contributed by atoms with E-state index in [1.54, 1.807) is 4.90 Å². The predicted molar refractivity (Wildman–Crippen MR) is 84.2 cm³/mol. The summed E-state index contributed by atoms with van der Waals surface area (Å²) in [5.74, 6) is -0.746. The molecule has 0 aliphatic carbocycles. The molecule has 4 nitrogen and oxygen atoms in total. The number of piperidine rings is 1. The number of hydrogen-bond donors (Lipinski definition) is 1. The van der Waals surface area contributed by atoms with Gasteiger partial charge in [-0.3, -0.25) is 9.59 Å². The quantitative estimate of drug-likeness (QED) is 0.930. The average molecular weight is 306 g/mol. The maximum absolute atomic E-state index is 14.1. The highest BCUT2D eigenvalue weighted by atomic mass is 19.1. The number of anilines is 1. The average Bonchev–Trinajstić information content (AvgIpc) is 2.48. The normalized spacial score (nSPS) is 18.4. The Morgan fingerprint density at radius 2 is 2.05 bits per heavy atom. The van der Waals surface area contributed by atoms with Crippen molar-refractivity contribution in [2.75, 3.05) is 11.9 Å². The van der Waals surface area contributed by atoms with Gasteiger partial charge in [0.15, 0.2) is 0 Å². The molecule has 1 aliphatic heterocycles. The Kier molecular flexibility index (Phi) is 5.16. The summed E-state index contributed by atoms with van der Waals surface area (Å²) in [5, 5.41) is 2.59. The fourth-order valence-corrected chi connectivity index (χ4v) is 3.03. The molecule has 120 valence electrons. The van der Waals surface area contributed by atoms with Gasteiger partial charge in [0.05, 0.1) is 5.56 Å². The van der Waals surface area contributed by atoms with Gasteiger partial charge in [0.1, 0.15) is 5.82 Å². The van der Waals surface area contributed by atoms with Crippen LogP contribution < -0.4 is 5.32 Å². The first-order valence-electron chi connectivity index (χ1n) is 7.78. The molecule has 0 radical (unpaired) electrons. The molecule has 2 rings (SSSR count). The van der Waals surface area contributed by atoms with Crippen LogP contribution in [0.3, 0.4) is 0 Å². The van der Waals surface area contributed by atoms with Crippen LogP contribution in [-0.4, -0.2) is 29.3 Å². The Balaban J connectivity index is 2.29. The van der Waals surface area contributed by atoms with Gasteiger partial charge < -0.3 is 10.2 Å². The second-order valence-electron chi connectivity index (χ2n) is 6.18. The Morgan fingerprint density at radius 3 is 2.68 bits per heavy atom. The number of amides is 2.